The predicted molar refractivity (Wildman–Crippen MR) is 83.4 cm³/mol. The van der Waals surface area contributed by atoms with Gasteiger partial charge in [-0.25, -0.2) is 4.79 Å². The van der Waals surface area contributed by atoms with Crippen LogP contribution >= 0.6 is 0 Å². The van der Waals surface area contributed by atoms with Crippen molar-refractivity contribution < 1.29 is 4.42 Å². The minimum absolute atomic E-state index is 0.248. The summed E-state index contributed by atoms with van der Waals surface area (Å²) in [6.07, 6.45) is 1.47. The molecule has 1 aromatic heterocycles. The van der Waals surface area contributed by atoms with Crippen molar-refractivity contribution in [2.75, 3.05) is 24.5 Å². The van der Waals surface area contributed by atoms with Crippen molar-refractivity contribution in [3.05, 3.63) is 40.2 Å². The van der Waals surface area contributed by atoms with Gasteiger partial charge in [-0.15, -0.1) is 0 Å². The molecule has 0 amide bonds. The van der Waals surface area contributed by atoms with Crippen LogP contribution in [0.15, 0.2) is 33.5 Å². The van der Waals surface area contributed by atoms with Gasteiger partial charge in [-0.05, 0) is 51.4 Å². The molecule has 0 aliphatic heterocycles. The van der Waals surface area contributed by atoms with Gasteiger partial charge >= 0.3 is 5.63 Å². The number of rotatable bonds is 6. The van der Waals surface area contributed by atoms with E-state index in [0.717, 1.165) is 30.6 Å². The van der Waals surface area contributed by atoms with Crippen LogP contribution in [0.25, 0.3) is 11.0 Å². The highest BCUT2D eigenvalue weighted by Gasteiger charge is 2.08. The molecule has 4 heteroatoms. The second-order valence-electron chi connectivity index (χ2n) is 4.85. The highest BCUT2D eigenvalue weighted by Crippen LogP contribution is 2.22. The third-order valence-electron chi connectivity index (χ3n) is 3.57. The fraction of sp³-hybridized carbons (Fsp3) is 0.438. The molecular weight excluding hydrogens is 252 g/mol. The van der Waals surface area contributed by atoms with Gasteiger partial charge in [0.2, 0.25) is 0 Å². The van der Waals surface area contributed by atoms with Crippen molar-refractivity contribution in [2.45, 2.75) is 26.7 Å². The van der Waals surface area contributed by atoms with E-state index >= 15 is 0 Å². The van der Waals surface area contributed by atoms with E-state index < -0.39 is 0 Å². The van der Waals surface area contributed by atoms with E-state index in [1.807, 2.05) is 18.2 Å². The van der Waals surface area contributed by atoms with Gasteiger partial charge in [0, 0.05) is 35.8 Å². The zero-order valence-corrected chi connectivity index (χ0v) is 12.2. The molecule has 1 aromatic carbocycles. The van der Waals surface area contributed by atoms with Crippen LogP contribution in [0, 0.1) is 0 Å². The third-order valence-corrected chi connectivity index (χ3v) is 3.57. The van der Waals surface area contributed by atoms with Gasteiger partial charge in [-0.2, -0.15) is 0 Å². The van der Waals surface area contributed by atoms with E-state index in [1.165, 1.54) is 0 Å². The van der Waals surface area contributed by atoms with E-state index in [-0.39, 0.29) is 5.63 Å². The first kappa shape index (κ1) is 14.6. The third kappa shape index (κ3) is 3.02. The van der Waals surface area contributed by atoms with E-state index in [1.54, 1.807) is 0 Å². The molecule has 1 heterocycles. The number of nitrogens with two attached hydrogens (primary N) is 1. The molecule has 0 unspecified atom stereocenters. The summed E-state index contributed by atoms with van der Waals surface area (Å²) in [4.78, 5) is 14.2. The molecule has 2 N–H and O–H groups in total. The Morgan fingerprint density at radius 3 is 2.60 bits per heavy atom. The summed E-state index contributed by atoms with van der Waals surface area (Å²) in [5.74, 6) is 0. The molecular formula is C16H22N2O2. The standard InChI is InChI=1S/C16H22N2O2/c1-3-18(4-2)14-8-7-12-10-13(6-5-9-17)16(19)20-15(12)11-14/h7-8,10-11H,3-6,9,17H2,1-2H3. The Labute approximate surface area is 119 Å². The maximum atomic E-state index is 11.9. The van der Waals surface area contributed by atoms with Gasteiger partial charge in [0.05, 0.1) is 0 Å². The molecule has 0 bridgehead atoms. The van der Waals surface area contributed by atoms with Gasteiger partial charge in [-0.1, -0.05) is 0 Å². The number of fused-ring (bicyclic) bond motifs is 1. The van der Waals surface area contributed by atoms with Gasteiger partial charge < -0.3 is 15.1 Å². The summed E-state index contributed by atoms with van der Waals surface area (Å²) >= 11 is 0. The van der Waals surface area contributed by atoms with E-state index in [9.17, 15) is 4.79 Å². The van der Waals surface area contributed by atoms with Gasteiger partial charge in [-0.3, -0.25) is 0 Å². The number of hydrogen-bond donors (Lipinski definition) is 1. The van der Waals surface area contributed by atoms with Gasteiger partial charge in [0.25, 0.3) is 0 Å². The zero-order valence-electron chi connectivity index (χ0n) is 12.2. The topological polar surface area (TPSA) is 59.5 Å². The van der Waals surface area contributed by atoms with Crippen LogP contribution in [0.4, 0.5) is 5.69 Å². The zero-order chi connectivity index (χ0) is 14.5. The molecule has 0 radical (unpaired) electrons. The lowest BCUT2D eigenvalue weighted by Crippen LogP contribution is -2.21. The number of anilines is 1. The van der Waals surface area contributed by atoms with Gasteiger partial charge in [0.1, 0.15) is 5.58 Å². The first-order valence-corrected chi connectivity index (χ1v) is 7.21. The van der Waals surface area contributed by atoms with E-state index in [0.29, 0.717) is 24.1 Å². The average molecular weight is 274 g/mol. The van der Waals surface area contributed by atoms with Crippen molar-refractivity contribution >= 4 is 16.7 Å². The Morgan fingerprint density at radius 1 is 1.20 bits per heavy atom. The van der Waals surface area contributed by atoms with E-state index in [4.69, 9.17) is 10.2 Å². The summed E-state index contributed by atoms with van der Waals surface area (Å²) in [6.45, 7) is 6.67. The van der Waals surface area contributed by atoms with Crippen LogP contribution in [0.5, 0.6) is 0 Å². The Kier molecular flexibility index (Phi) is 4.79. The fourth-order valence-electron chi connectivity index (χ4n) is 2.39. The lowest BCUT2D eigenvalue weighted by atomic mass is 10.1. The molecule has 2 aromatic rings. The van der Waals surface area contributed by atoms with Crippen molar-refractivity contribution in [3.63, 3.8) is 0 Å². The van der Waals surface area contributed by atoms with Crippen molar-refractivity contribution in [2.24, 2.45) is 5.73 Å². The van der Waals surface area contributed by atoms with Crippen LogP contribution in [0.2, 0.25) is 0 Å². The number of nitrogens with zero attached hydrogens (tertiary/aromatic N) is 1. The predicted octanol–water partition coefficient (Wildman–Crippen LogP) is 2.53. The molecule has 20 heavy (non-hydrogen) atoms. The minimum Gasteiger partial charge on any atom is -0.422 e. The molecule has 0 saturated heterocycles. The second kappa shape index (κ2) is 6.57. The van der Waals surface area contributed by atoms with E-state index in [2.05, 4.69) is 24.8 Å². The quantitative estimate of drug-likeness (QED) is 0.822. The lowest BCUT2D eigenvalue weighted by molar-refractivity contribution is 0.548. The number of hydrogen-bond acceptors (Lipinski definition) is 4. The summed E-state index contributed by atoms with van der Waals surface area (Å²) in [6, 6.07) is 7.94. The van der Waals surface area contributed by atoms with Crippen LogP contribution in [-0.4, -0.2) is 19.6 Å². The van der Waals surface area contributed by atoms with Crippen molar-refractivity contribution in [3.8, 4) is 0 Å². The number of benzene rings is 1. The van der Waals surface area contributed by atoms with Crippen LogP contribution in [0.1, 0.15) is 25.8 Å². The minimum atomic E-state index is -0.248. The monoisotopic (exact) mass is 274 g/mol. The average Bonchev–Trinajstić information content (AvgIpc) is 2.46. The Bertz CT molecular complexity index is 630. The Hall–Kier alpha value is -1.81. The Morgan fingerprint density at radius 2 is 1.95 bits per heavy atom. The van der Waals surface area contributed by atoms with Crippen LogP contribution < -0.4 is 16.3 Å². The maximum Gasteiger partial charge on any atom is 0.339 e. The highest BCUT2D eigenvalue weighted by molar-refractivity contribution is 5.81. The highest BCUT2D eigenvalue weighted by atomic mass is 16.4. The summed E-state index contributed by atoms with van der Waals surface area (Å²) < 4.78 is 5.45. The molecule has 0 saturated carbocycles. The fourth-order valence-corrected chi connectivity index (χ4v) is 2.39. The second-order valence-corrected chi connectivity index (χ2v) is 4.85. The Balaban J connectivity index is 2.42. The molecule has 108 valence electrons. The molecule has 2 rings (SSSR count). The first-order valence-electron chi connectivity index (χ1n) is 7.21. The SMILES string of the molecule is CCN(CC)c1ccc2cc(CCCN)c(=O)oc2c1. The lowest BCUT2D eigenvalue weighted by Gasteiger charge is -2.21. The molecule has 0 aliphatic rings. The molecule has 0 atom stereocenters. The summed E-state index contributed by atoms with van der Waals surface area (Å²) in [7, 11) is 0. The first-order chi connectivity index (χ1) is 9.69. The van der Waals surface area contributed by atoms with Gasteiger partial charge in [0.15, 0.2) is 0 Å². The van der Waals surface area contributed by atoms with Crippen molar-refractivity contribution in [1.82, 2.24) is 0 Å². The molecule has 4 nitrogen and oxygen atoms in total. The summed E-state index contributed by atoms with van der Waals surface area (Å²) in [5, 5.41) is 0.965. The largest absolute Gasteiger partial charge is 0.422 e. The maximum absolute atomic E-state index is 11.9. The smallest absolute Gasteiger partial charge is 0.339 e. The molecule has 0 aliphatic carbocycles. The normalized spacial score (nSPS) is 10.9. The van der Waals surface area contributed by atoms with Crippen molar-refractivity contribution in [1.29, 1.82) is 0 Å². The van der Waals surface area contributed by atoms with Crippen LogP contribution in [-0.2, 0) is 6.42 Å². The molecule has 0 spiro atoms. The molecule has 0 fully saturated rings. The van der Waals surface area contributed by atoms with Crippen LogP contribution in [0.3, 0.4) is 0 Å². The number of aryl methyl sites for hydroxylation is 1. The summed E-state index contributed by atoms with van der Waals surface area (Å²) in [5.41, 5.74) is 7.68.